The van der Waals surface area contributed by atoms with Crippen LogP contribution in [0.3, 0.4) is 0 Å². The Balaban J connectivity index is 1.77. The first-order chi connectivity index (χ1) is 15.7. The zero-order valence-electron chi connectivity index (χ0n) is 19.5. The summed E-state index contributed by atoms with van der Waals surface area (Å²) in [5.74, 6) is 1.25. The van der Waals surface area contributed by atoms with Gasteiger partial charge in [0.25, 0.3) is 0 Å². The fourth-order valence-electron chi connectivity index (χ4n) is 4.46. The van der Waals surface area contributed by atoms with Gasteiger partial charge in [0.1, 0.15) is 11.5 Å². The van der Waals surface area contributed by atoms with E-state index in [1.54, 1.807) is 20.3 Å². The highest BCUT2D eigenvalue weighted by molar-refractivity contribution is 6.00. The van der Waals surface area contributed by atoms with Crippen molar-refractivity contribution in [3.05, 3.63) is 59.7 Å². The van der Waals surface area contributed by atoms with Crippen molar-refractivity contribution in [1.82, 2.24) is 0 Å². The number of methoxy groups -OCH3 is 2. The summed E-state index contributed by atoms with van der Waals surface area (Å²) in [7, 11) is 3.20. The van der Waals surface area contributed by atoms with E-state index in [9.17, 15) is 4.79 Å². The fraction of sp³-hybridized carbons (Fsp3) is 0.519. The highest BCUT2D eigenvalue weighted by Crippen LogP contribution is 2.32. The number of carbonyl (C=O) groups is 1. The average Bonchev–Trinajstić information content (AvgIpc) is 2.88. The van der Waals surface area contributed by atoms with E-state index in [1.807, 2.05) is 37.3 Å². The topological polar surface area (TPSA) is 54.0 Å². The van der Waals surface area contributed by atoms with Gasteiger partial charge in [-0.05, 0) is 43.9 Å². The number of Topliss-reactive ketones (excluding diaryl/α,β-unsaturated/α-hetero) is 1. The number of rotatable bonds is 7. The zero-order valence-corrected chi connectivity index (χ0v) is 19.5. The number of ether oxygens (including phenoxy) is 4. The lowest BCUT2D eigenvalue weighted by atomic mass is 9.89. The molecular weight excluding hydrogens is 404 g/mol. The highest BCUT2D eigenvalue weighted by Gasteiger charge is 2.26. The van der Waals surface area contributed by atoms with E-state index in [4.69, 9.17) is 18.9 Å². The first-order valence-corrected chi connectivity index (χ1v) is 11.7. The third kappa shape index (κ3) is 6.57. The number of hydrogen-bond acceptors (Lipinski definition) is 5. The van der Waals surface area contributed by atoms with Crippen molar-refractivity contribution < 1.29 is 23.7 Å². The summed E-state index contributed by atoms with van der Waals surface area (Å²) < 4.78 is 23.2. The van der Waals surface area contributed by atoms with Gasteiger partial charge in [-0.15, -0.1) is 0 Å². The maximum atomic E-state index is 13.4. The van der Waals surface area contributed by atoms with Gasteiger partial charge in [-0.1, -0.05) is 43.2 Å². The van der Waals surface area contributed by atoms with Gasteiger partial charge in [0.2, 0.25) is 0 Å². The molecule has 174 valence electrons. The summed E-state index contributed by atoms with van der Waals surface area (Å²) in [6, 6.07) is 15.7. The molecule has 32 heavy (non-hydrogen) atoms. The summed E-state index contributed by atoms with van der Waals surface area (Å²) in [4.78, 5) is 13.4. The molecule has 1 fully saturated rings. The van der Waals surface area contributed by atoms with Gasteiger partial charge < -0.3 is 18.9 Å². The smallest absolute Gasteiger partial charge is 0.169 e. The van der Waals surface area contributed by atoms with Gasteiger partial charge >= 0.3 is 0 Å². The molecule has 0 spiro atoms. The predicted octanol–water partition coefficient (Wildman–Crippen LogP) is 6.02. The normalized spacial score (nSPS) is 22.5. The Bertz CT molecular complexity index is 835. The largest absolute Gasteiger partial charge is 0.497 e. The molecule has 1 aliphatic rings. The van der Waals surface area contributed by atoms with E-state index in [0.29, 0.717) is 36.7 Å². The second kappa shape index (κ2) is 12.6. The van der Waals surface area contributed by atoms with Crippen LogP contribution in [-0.4, -0.2) is 39.3 Å². The lowest BCUT2D eigenvalue weighted by molar-refractivity contribution is -0.0197. The summed E-state index contributed by atoms with van der Waals surface area (Å²) in [5, 5.41) is 0. The molecule has 2 aromatic carbocycles. The van der Waals surface area contributed by atoms with Gasteiger partial charge in [0, 0.05) is 31.6 Å². The molecule has 3 unspecified atom stereocenters. The quantitative estimate of drug-likeness (QED) is 0.493. The first kappa shape index (κ1) is 24.3. The Morgan fingerprint density at radius 3 is 2.50 bits per heavy atom. The van der Waals surface area contributed by atoms with Crippen LogP contribution in [0, 0.1) is 5.92 Å². The molecule has 0 radical (unpaired) electrons. The van der Waals surface area contributed by atoms with E-state index in [2.05, 4.69) is 12.1 Å². The molecule has 3 rings (SSSR count). The van der Waals surface area contributed by atoms with Crippen molar-refractivity contribution in [3.63, 3.8) is 0 Å². The van der Waals surface area contributed by atoms with E-state index < -0.39 is 0 Å². The summed E-state index contributed by atoms with van der Waals surface area (Å²) in [6.07, 6.45) is 5.51. The lowest BCUT2D eigenvalue weighted by Gasteiger charge is -2.24. The molecule has 0 N–H and O–H groups in total. The Kier molecular flexibility index (Phi) is 9.57. The van der Waals surface area contributed by atoms with Crippen LogP contribution < -0.4 is 9.47 Å². The lowest BCUT2D eigenvalue weighted by Crippen LogP contribution is -2.20. The second-order valence-electron chi connectivity index (χ2n) is 8.28. The number of benzene rings is 2. The molecule has 3 atom stereocenters. The molecule has 2 aromatic rings. The van der Waals surface area contributed by atoms with Crippen LogP contribution in [0.2, 0.25) is 0 Å². The van der Waals surface area contributed by atoms with Crippen LogP contribution in [-0.2, 0) is 9.47 Å². The molecule has 1 aliphatic heterocycles. The maximum absolute atomic E-state index is 13.4. The minimum atomic E-state index is -0.0997. The number of carbonyl (C=O) groups excluding carboxylic acids is 1. The Labute approximate surface area is 192 Å². The first-order valence-electron chi connectivity index (χ1n) is 11.7. The molecule has 0 aromatic heterocycles. The molecule has 1 heterocycles. The van der Waals surface area contributed by atoms with Crippen LogP contribution in [0.1, 0.15) is 67.5 Å². The van der Waals surface area contributed by atoms with Crippen molar-refractivity contribution >= 4 is 5.78 Å². The standard InChI is InChI=1S/C27H36O5/c1-4-31-23-13-9-8-12-21(16-17-32-25(19-23)20-10-6-5-7-11-20)27(28)24-15-14-22(29-2)18-26(24)30-3/h5-7,10-11,14-15,18,21,23,25H,4,8-9,12-13,16-17,19H2,1-3H3. The Hall–Kier alpha value is -2.37. The van der Waals surface area contributed by atoms with Crippen molar-refractivity contribution in [3.8, 4) is 11.5 Å². The summed E-state index contributed by atoms with van der Waals surface area (Å²) in [5.41, 5.74) is 1.77. The minimum absolute atomic E-state index is 0.0304. The fourth-order valence-corrected chi connectivity index (χ4v) is 4.46. The van der Waals surface area contributed by atoms with Gasteiger partial charge in [-0.2, -0.15) is 0 Å². The Morgan fingerprint density at radius 1 is 1.00 bits per heavy atom. The van der Waals surface area contributed by atoms with Crippen LogP contribution in [0.25, 0.3) is 0 Å². The van der Waals surface area contributed by atoms with E-state index in [1.165, 1.54) is 0 Å². The monoisotopic (exact) mass is 440 g/mol. The molecule has 0 aliphatic carbocycles. The van der Waals surface area contributed by atoms with E-state index in [0.717, 1.165) is 37.7 Å². The summed E-state index contributed by atoms with van der Waals surface area (Å²) in [6.45, 7) is 3.28. The average molecular weight is 441 g/mol. The molecule has 0 amide bonds. The molecule has 0 saturated carbocycles. The maximum Gasteiger partial charge on any atom is 0.169 e. The Morgan fingerprint density at radius 2 is 1.78 bits per heavy atom. The van der Waals surface area contributed by atoms with Gasteiger partial charge in [0.15, 0.2) is 5.78 Å². The van der Waals surface area contributed by atoms with E-state index >= 15 is 0 Å². The number of ketones is 1. The molecule has 0 bridgehead atoms. The van der Waals surface area contributed by atoms with Gasteiger partial charge in [0.05, 0.1) is 32.0 Å². The van der Waals surface area contributed by atoms with Crippen molar-refractivity contribution in [2.24, 2.45) is 5.92 Å². The SMILES string of the molecule is CCOC1CCCCC(C(=O)c2ccc(OC)cc2OC)CCOC(c2ccccc2)C1. The minimum Gasteiger partial charge on any atom is -0.497 e. The van der Waals surface area contributed by atoms with Gasteiger partial charge in [-0.3, -0.25) is 4.79 Å². The van der Waals surface area contributed by atoms with Crippen LogP contribution in [0.15, 0.2) is 48.5 Å². The van der Waals surface area contributed by atoms with Crippen LogP contribution in [0.4, 0.5) is 0 Å². The molecular formula is C27H36O5. The third-order valence-electron chi connectivity index (χ3n) is 6.21. The summed E-state index contributed by atoms with van der Waals surface area (Å²) >= 11 is 0. The van der Waals surface area contributed by atoms with Crippen LogP contribution in [0.5, 0.6) is 11.5 Å². The second-order valence-corrected chi connectivity index (χ2v) is 8.28. The zero-order chi connectivity index (χ0) is 22.8. The molecule has 1 saturated heterocycles. The predicted molar refractivity (Wildman–Crippen MR) is 126 cm³/mol. The third-order valence-corrected chi connectivity index (χ3v) is 6.21. The van der Waals surface area contributed by atoms with Crippen LogP contribution >= 0.6 is 0 Å². The van der Waals surface area contributed by atoms with Crippen molar-refractivity contribution in [1.29, 1.82) is 0 Å². The number of hydrogen-bond donors (Lipinski definition) is 0. The molecule has 5 heteroatoms. The van der Waals surface area contributed by atoms with Crippen molar-refractivity contribution in [2.45, 2.75) is 57.7 Å². The highest BCUT2D eigenvalue weighted by atomic mass is 16.5. The van der Waals surface area contributed by atoms with Crippen molar-refractivity contribution in [2.75, 3.05) is 27.4 Å². The van der Waals surface area contributed by atoms with E-state index in [-0.39, 0.29) is 23.9 Å². The molecule has 5 nitrogen and oxygen atoms in total. The van der Waals surface area contributed by atoms with Gasteiger partial charge in [-0.25, -0.2) is 0 Å².